The van der Waals surface area contributed by atoms with Gasteiger partial charge < -0.3 is 15.3 Å². The number of rotatable bonds is 10. The average molecular weight is 284 g/mol. The molecule has 0 bridgehead atoms. The second kappa shape index (κ2) is 9.75. The minimum Gasteiger partial charge on any atom is -0.396 e. The van der Waals surface area contributed by atoms with Crippen molar-refractivity contribution in [2.45, 2.75) is 71.3 Å². The second-order valence-corrected chi connectivity index (χ2v) is 6.67. The number of aliphatic hydroxyl groups excluding tert-OH is 1. The van der Waals surface area contributed by atoms with Crippen LogP contribution in [0.4, 0.5) is 0 Å². The van der Waals surface area contributed by atoms with Gasteiger partial charge in [-0.1, -0.05) is 33.1 Å². The van der Waals surface area contributed by atoms with E-state index in [0.29, 0.717) is 6.61 Å². The first-order valence-corrected chi connectivity index (χ1v) is 8.69. The molecule has 0 amide bonds. The number of hydrogen-bond donors (Lipinski definition) is 2. The van der Waals surface area contributed by atoms with Crippen molar-refractivity contribution in [2.24, 2.45) is 5.41 Å². The topological polar surface area (TPSA) is 35.5 Å². The van der Waals surface area contributed by atoms with E-state index >= 15 is 0 Å². The van der Waals surface area contributed by atoms with Crippen LogP contribution in [0.15, 0.2) is 0 Å². The number of hydrogen-bond acceptors (Lipinski definition) is 3. The molecule has 1 rings (SSSR count). The Morgan fingerprint density at radius 2 is 1.80 bits per heavy atom. The third kappa shape index (κ3) is 5.71. The molecule has 0 aromatic rings. The first-order valence-electron chi connectivity index (χ1n) is 8.69. The lowest BCUT2D eigenvalue weighted by Gasteiger charge is -2.32. The van der Waals surface area contributed by atoms with Crippen molar-refractivity contribution in [3.05, 3.63) is 0 Å². The van der Waals surface area contributed by atoms with Crippen molar-refractivity contribution < 1.29 is 5.11 Å². The van der Waals surface area contributed by atoms with Crippen LogP contribution in [-0.2, 0) is 0 Å². The minimum atomic E-state index is 0.0925. The van der Waals surface area contributed by atoms with Gasteiger partial charge in [0.15, 0.2) is 0 Å². The molecule has 0 aromatic heterocycles. The summed E-state index contributed by atoms with van der Waals surface area (Å²) in [6.07, 6.45) is 10.4. The minimum absolute atomic E-state index is 0.0925. The van der Waals surface area contributed by atoms with Crippen molar-refractivity contribution in [1.82, 2.24) is 10.2 Å². The summed E-state index contributed by atoms with van der Waals surface area (Å²) >= 11 is 0. The molecule has 0 unspecified atom stereocenters. The Morgan fingerprint density at radius 1 is 1.15 bits per heavy atom. The van der Waals surface area contributed by atoms with E-state index < -0.39 is 0 Å². The van der Waals surface area contributed by atoms with Gasteiger partial charge in [0.1, 0.15) is 0 Å². The molecule has 0 aliphatic heterocycles. The first-order chi connectivity index (χ1) is 9.67. The zero-order chi connectivity index (χ0) is 14.8. The largest absolute Gasteiger partial charge is 0.396 e. The van der Waals surface area contributed by atoms with Crippen LogP contribution in [0, 0.1) is 5.41 Å². The summed E-state index contributed by atoms with van der Waals surface area (Å²) in [6.45, 7) is 7.87. The highest BCUT2D eigenvalue weighted by Gasteiger charge is 2.24. The van der Waals surface area contributed by atoms with E-state index in [-0.39, 0.29) is 5.41 Å². The van der Waals surface area contributed by atoms with E-state index in [2.05, 4.69) is 31.1 Å². The van der Waals surface area contributed by atoms with Gasteiger partial charge in [0.05, 0.1) is 0 Å². The molecule has 1 aliphatic rings. The summed E-state index contributed by atoms with van der Waals surface area (Å²) in [4.78, 5) is 2.56. The highest BCUT2D eigenvalue weighted by Crippen LogP contribution is 2.24. The third-order valence-electron chi connectivity index (χ3n) is 5.40. The van der Waals surface area contributed by atoms with Crippen molar-refractivity contribution in [1.29, 1.82) is 0 Å². The van der Waals surface area contributed by atoms with E-state index in [1.807, 2.05) is 0 Å². The highest BCUT2D eigenvalue weighted by atomic mass is 16.3. The standard InChI is InChI=1S/C17H36N2O/c1-4-17(5-2,15-20)14-18-12-9-13-19(3)16-10-7-6-8-11-16/h16,18,20H,4-15H2,1-3H3. The van der Waals surface area contributed by atoms with Crippen LogP contribution in [-0.4, -0.2) is 49.3 Å². The van der Waals surface area contributed by atoms with Crippen molar-refractivity contribution in [3.8, 4) is 0 Å². The summed E-state index contributed by atoms with van der Waals surface area (Å²) in [5.74, 6) is 0. The molecule has 120 valence electrons. The van der Waals surface area contributed by atoms with E-state index in [1.54, 1.807) is 0 Å². The van der Waals surface area contributed by atoms with E-state index in [1.165, 1.54) is 45.1 Å². The molecular weight excluding hydrogens is 248 g/mol. The monoisotopic (exact) mass is 284 g/mol. The molecule has 3 nitrogen and oxygen atoms in total. The maximum atomic E-state index is 9.54. The van der Waals surface area contributed by atoms with Crippen molar-refractivity contribution in [2.75, 3.05) is 33.3 Å². The predicted molar refractivity (Wildman–Crippen MR) is 87.1 cm³/mol. The maximum absolute atomic E-state index is 9.54. The molecule has 3 heteroatoms. The van der Waals surface area contributed by atoms with Crippen molar-refractivity contribution >= 4 is 0 Å². The normalized spacial score (nSPS) is 17.9. The van der Waals surface area contributed by atoms with Gasteiger partial charge in [0.25, 0.3) is 0 Å². The third-order valence-corrected chi connectivity index (χ3v) is 5.40. The molecular formula is C17H36N2O. The van der Waals surface area contributed by atoms with Gasteiger partial charge in [-0.05, 0) is 52.2 Å². The summed E-state index contributed by atoms with van der Waals surface area (Å²) < 4.78 is 0. The fourth-order valence-corrected chi connectivity index (χ4v) is 3.29. The molecule has 0 atom stereocenters. The van der Waals surface area contributed by atoms with Crippen LogP contribution >= 0.6 is 0 Å². The Balaban J connectivity index is 2.11. The molecule has 1 fully saturated rings. The maximum Gasteiger partial charge on any atom is 0.0499 e. The van der Waals surface area contributed by atoms with E-state index in [0.717, 1.165) is 32.0 Å². The Morgan fingerprint density at radius 3 is 2.35 bits per heavy atom. The van der Waals surface area contributed by atoms with Crippen LogP contribution in [0.25, 0.3) is 0 Å². The molecule has 0 heterocycles. The van der Waals surface area contributed by atoms with Crippen LogP contribution < -0.4 is 5.32 Å². The van der Waals surface area contributed by atoms with Crippen LogP contribution in [0.3, 0.4) is 0 Å². The SMILES string of the molecule is CCC(CC)(CO)CNCCCN(C)C1CCCCC1. The second-order valence-electron chi connectivity index (χ2n) is 6.67. The molecule has 1 saturated carbocycles. The molecule has 2 N–H and O–H groups in total. The Bertz CT molecular complexity index is 227. The van der Waals surface area contributed by atoms with Crippen molar-refractivity contribution in [3.63, 3.8) is 0 Å². The lowest BCUT2D eigenvalue weighted by atomic mass is 9.83. The predicted octanol–water partition coefficient (Wildman–Crippen LogP) is 3.03. The van der Waals surface area contributed by atoms with E-state index in [4.69, 9.17) is 0 Å². The number of aliphatic hydroxyl groups is 1. The van der Waals surface area contributed by atoms with E-state index in [9.17, 15) is 5.11 Å². The van der Waals surface area contributed by atoms with Gasteiger partial charge in [-0.15, -0.1) is 0 Å². The summed E-state index contributed by atoms with van der Waals surface area (Å²) in [5.41, 5.74) is 0.0925. The Labute approximate surface area is 126 Å². The van der Waals surface area contributed by atoms with Gasteiger partial charge in [-0.3, -0.25) is 0 Å². The molecule has 0 spiro atoms. The van der Waals surface area contributed by atoms with Gasteiger partial charge in [0, 0.05) is 24.6 Å². The van der Waals surface area contributed by atoms with Crippen LogP contribution in [0.5, 0.6) is 0 Å². The molecule has 1 aliphatic carbocycles. The highest BCUT2D eigenvalue weighted by molar-refractivity contribution is 4.78. The Hall–Kier alpha value is -0.120. The average Bonchev–Trinajstić information content (AvgIpc) is 2.52. The fraction of sp³-hybridized carbons (Fsp3) is 1.00. The van der Waals surface area contributed by atoms with Crippen LogP contribution in [0.2, 0.25) is 0 Å². The summed E-state index contributed by atoms with van der Waals surface area (Å²) in [5, 5.41) is 13.1. The molecule has 0 radical (unpaired) electrons. The quantitative estimate of drug-likeness (QED) is 0.605. The molecule has 0 saturated heterocycles. The van der Waals surface area contributed by atoms with Gasteiger partial charge >= 0.3 is 0 Å². The number of nitrogens with zero attached hydrogens (tertiary/aromatic N) is 1. The van der Waals surface area contributed by atoms with Crippen LogP contribution in [0.1, 0.15) is 65.2 Å². The van der Waals surface area contributed by atoms with Gasteiger partial charge in [-0.25, -0.2) is 0 Å². The molecule has 0 aromatic carbocycles. The fourth-order valence-electron chi connectivity index (χ4n) is 3.29. The van der Waals surface area contributed by atoms with Gasteiger partial charge in [0.2, 0.25) is 0 Å². The first kappa shape index (κ1) is 17.9. The molecule has 20 heavy (non-hydrogen) atoms. The summed E-state index contributed by atoms with van der Waals surface area (Å²) in [6, 6.07) is 0.826. The number of nitrogens with one attached hydrogen (secondary N) is 1. The zero-order valence-electron chi connectivity index (χ0n) is 14.0. The lowest BCUT2D eigenvalue weighted by molar-refractivity contribution is 0.112. The zero-order valence-corrected chi connectivity index (χ0v) is 14.0. The Kier molecular flexibility index (Phi) is 8.74. The lowest BCUT2D eigenvalue weighted by Crippen LogP contribution is -2.38. The summed E-state index contributed by atoms with van der Waals surface area (Å²) in [7, 11) is 2.28. The smallest absolute Gasteiger partial charge is 0.0499 e. The van der Waals surface area contributed by atoms with Gasteiger partial charge in [-0.2, -0.15) is 0 Å².